The van der Waals surface area contributed by atoms with Gasteiger partial charge in [0.05, 0.1) is 5.56 Å². The molecule has 1 aromatic heterocycles. The topological polar surface area (TPSA) is 96.6 Å². The summed E-state index contributed by atoms with van der Waals surface area (Å²) >= 11 is 0. The first-order valence-corrected chi connectivity index (χ1v) is 12.4. The normalized spacial score (nSPS) is 14.9. The second-order valence-electron chi connectivity index (χ2n) is 9.45. The number of ether oxygens (including phenoxy) is 1. The molecule has 5 rings (SSSR count). The van der Waals surface area contributed by atoms with Gasteiger partial charge in [0.1, 0.15) is 5.75 Å². The van der Waals surface area contributed by atoms with Crippen molar-refractivity contribution in [1.29, 1.82) is 0 Å². The van der Waals surface area contributed by atoms with Crippen molar-refractivity contribution < 1.29 is 22.7 Å². The Labute approximate surface area is 223 Å². The number of fused-ring (bicyclic) bond motifs is 1. The van der Waals surface area contributed by atoms with Crippen molar-refractivity contribution in [3.8, 4) is 11.6 Å². The van der Waals surface area contributed by atoms with Crippen molar-refractivity contribution in [1.82, 2.24) is 19.8 Å². The third-order valence-corrected chi connectivity index (χ3v) is 6.63. The molecule has 0 unspecified atom stereocenters. The number of carbonyl (C=O) groups excluding carboxylic acids is 1. The summed E-state index contributed by atoms with van der Waals surface area (Å²) in [6.07, 6.45) is -3.07. The zero-order chi connectivity index (χ0) is 27.6. The minimum atomic E-state index is -4.55. The van der Waals surface area contributed by atoms with Crippen LogP contribution in [0.15, 0.2) is 66.9 Å². The van der Waals surface area contributed by atoms with Gasteiger partial charge >= 0.3 is 6.18 Å². The van der Waals surface area contributed by atoms with E-state index in [4.69, 9.17) is 10.5 Å². The molecule has 0 aliphatic carbocycles. The number of alkyl halides is 3. The monoisotopic (exact) mass is 536 g/mol. The number of piperazine rings is 1. The van der Waals surface area contributed by atoms with Gasteiger partial charge in [-0.15, -0.1) is 0 Å². The van der Waals surface area contributed by atoms with Crippen LogP contribution >= 0.6 is 0 Å². The molecule has 11 heteroatoms. The van der Waals surface area contributed by atoms with Crippen LogP contribution in [0.4, 0.5) is 24.8 Å². The minimum absolute atomic E-state index is 0.0766. The number of aromatic nitrogens is 2. The fourth-order valence-corrected chi connectivity index (χ4v) is 4.56. The molecule has 39 heavy (non-hydrogen) atoms. The molecule has 1 aliphatic rings. The molecule has 3 aromatic carbocycles. The summed E-state index contributed by atoms with van der Waals surface area (Å²) in [4.78, 5) is 25.2. The van der Waals surface area contributed by atoms with Gasteiger partial charge in [-0.2, -0.15) is 18.2 Å². The zero-order valence-electron chi connectivity index (χ0n) is 21.2. The van der Waals surface area contributed by atoms with Crippen LogP contribution in [-0.4, -0.2) is 58.9 Å². The number of nitrogens with zero attached hydrogens (tertiary/aromatic N) is 4. The van der Waals surface area contributed by atoms with Crippen molar-refractivity contribution in [2.45, 2.75) is 12.7 Å². The van der Waals surface area contributed by atoms with Gasteiger partial charge in [0.25, 0.3) is 5.91 Å². The molecule has 4 aromatic rings. The first-order chi connectivity index (χ1) is 18.7. The summed E-state index contributed by atoms with van der Waals surface area (Å²) in [7, 11) is 2.00. The third-order valence-electron chi connectivity index (χ3n) is 6.63. The summed E-state index contributed by atoms with van der Waals surface area (Å²) in [5.74, 6) is 0.308. The fourth-order valence-electron chi connectivity index (χ4n) is 4.56. The maximum atomic E-state index is 14.0. The minimum Gasteiger partial charge on any atom is -0.439 e. The Hall–Kier alpha value is -4.22. The molecule has 0 atom stereocenters. The molecule has 202 valence electrons. The first kappa shape index (κ1) is 26.4. The highest BCUT2D eigenvalue weighted by molar-refractivity contribution is 6.13. The molecule has 1 amide bonds. The van der Waals surface area contributed by atoms with E-state index in [0.717, 1.165) is 19.2 Å². The molecule has 0 radical (unpaired) electrons. The van der Waals surface area contributed by atoms with Gasteiger partial charge in [-0.1, -0.05) is 18.2 Å². The van der Waals surface area contributed by atoms with E-state index in [9.17, 15) is 18.0 Å². The average molecular weight is 537 g/mol. The molecule has 1 fully saturated rings. The smallest absolute Gasteiger partial charge is 0.416 e. The van der Waals surface area contributed by atoms with Gasteiger partial charge < -0.3 is 20.7 Å². The number of carbonyl (C=O) groups is 1. The van der Waals surface area contributed by atoms with Gasteiger partial charge in [-0.05, 0) is 59.8 Å². The highest BCUT2D eigenvalue weighted by Crippen LogP contribution is 2.35. The lowest BCUT2D eigenvalue weighted by Crippen LogP contribution is -2.44. The van der Waals surface area contributed by atoms with E-state index in [-0.39, 0.29) is 29.6 Å². The Kier molecular flexibility index (Phi) is 7.36. The molecule has 0 spiro atoms. The number of likely N-dealkylation sites (N-methyl/N-ethyl adjacent to an activating group) is 1. The molecule has 8 nitrogen and oxygen atoms in total. The Balaban J connectivity index is 1.36. The lowest BCUT2D eigenvalue weighted by molar-refractivity contribution is -0.138. The van der Waals surface area contributed by atoms with Crippen molar-refractivity contribution in [3.05, 3.63) is 83.6 Å². The second-order valence-corrected chi connectivity index (χ2v) is 9.45. The number of benzene rings is 3. The van der Waals surface area contributed by atoms with Gasteiger partial charge in [0, 0.05) is 56.2 Å². The summed E-state index contributed by atoms with van der Waals surface area (Å²) in [5, 5.41) is 3.97. The van der Waals surface area contributed by atoms with Crippen LogP contribution in [-0.2, 0) is 12.7 Å². The largest absolute Gasteiger partial charge is 0.439 e. The summed E-state index contributed by atoms with van der Waals surface area (Å²) in [5.41, 5.74) is 5.43. The zero-order valence-corrected chi connectivity index (χ0v) is 21.2. The van der Waals surface area contributed by atoms with E-state index in [1.54, 1.807) is 36.4 Å². The first-order valence-electron chi connectivity index (χ1n) is 12.4. The summed E-state index contributed by atoms with van der Waals surface area (Å²) in [6.45, 7) is 3.22. The molecule has 2 heterocycles. The van der Waals surface area contributed by atoms with E-state index >= 15 is 0 Å². The Morgan fingerprint density at radius 1 is 1.05 bits per heavy atom. The maximum absolute atomic E-state index is 14.0. The SMILES string of the molecule is CN1CCN(Cc2ccc(NC(=O)c3cccc4cc(Oc5ccnc(N)n5)ccc34)cc2C(F)(F)F)CC1. The number of halogens is 3. The van der Waals surface area contributed by atoms with Crippen LogP contribution in [0.25, 0.3) is 10.8 Å². The Morgan fingerprint density at radius 3 is 2.59 bits per heavy atom. The quantitative estimate of drug-likeness (QED) is 0.357. The van der Waals surface area contributed by atoms with E-state index in [2.05, 4.69) is 20.2 Å². The summed E-state index contributed by atoms with van der Waals surface area (Å²) in [6, 6.07) is 15.8. The Morgan fingerprint density at radius 2 is 1.85 bits per heavy atom. The average Bonchev–Trinajstić information content (AvgIpc) is 2.90. The highest BCUT2D eigenvalue weighted by atomic mass is 19.4. The van der Waals surface area contributed by atoms with Crippen molar-refractivity contribution >= 4 is 28.3 Å². The molecule has 0 bridgehead atoms. The van der Waals surface area contributed by atoms with Gasteiger partial charge in [-0.25, -0.2) is 4.98 Å². The van der Waals surface area contributed by atoms with Crippen LogP contribution in [0, 0.1) is 0 Å². The molecular formula is C28H27F3N6O2. The molecule has 3 N–H and O–H groups in total. The van der Waals surface area contributed by atoms with E-state index < -0.39 is 17.6 Å². The highest BCUT2D eigenvalue weighted by Gasteiger charge is 2.34. The fraction of sp³-hybridized carbons (Fsp3) is 0.250. The number of anilines is 2. The predicted octanol–water partition coefficient (Wildman–Crippen LogP) is 5.02. The number of nitrogen functional groups attached to an aromatic ring is 1. The number of nitrogens with two attached hydrogens (primary N) is 1. The van der Waals surface area contributed by atoms with Crippen LogP contribution in [0.1, 0.15) is 21.5 Å². The van der Waals surface area contributed by atoms with Crippen LogP contribution < -0.4 is 15.8 Å². The second kappa shape index (κ2) is 10.9. The van der Waals surface area contributed by atoms with E-state index in [1.807, 2.05) is 18.0 Å². The number of hydrogen-bond acceptors (Lipinski definition) is 7. The van der Waals surface area contributed by atoms with Gasteiger partial charge in [-0.3, -0.25) is 9.69 Å². The number of nitrogens with one attached hydrogen (secondary N) is 1. The molecule has 1 aliphatic heterocycles. The number of rotatable bonds is 6. The molecule has 0 saturated carbocycles. The maximum Gasteiger partial charge on any atom is 0.416 e. The Bertz CT molecular complexity index is 1500. The van der Waals surface area contributed by atoms with E-state index in [1.165, 1.54) is 18.3 Å². The van der Waals surface area contributed by atoms with Crippen molar-refractivity contribution in [3.63, 3.8) is 0 Å². The van der Waals surface area contributed by atoms with Gasteiger partial charge in [0.15, 0.2) is 0 Å². The standard InChI is InChI=1S/C28H27F3N6O2/c1-36-11-13-37(14-12-36)17-19-5-6-20(16-24(19)28(29,30)31)34-26(38)23-4-2-3-18-15-21(7-8-22(18)23)39-25-9-10-33-27(32)35-25/h2-10,15-16H,11-14,17H2,1H3,(H,34,38)(H2,32,33,35). The lowest BCUT2D eigenvalue weighted by Gasteiger charge is -2.33. The van der Waals surface area contributed by atoms with E-state index in [0.29, 0.717) is 35.2 Å². The van der Waals surface area contributed by atoms with Crippen LogP contribution in [0.3, 0.4) is 0 Å². The van der Waals surface area contributed by atoms with Gasteiger partial charge in [0.2, 0.25) is 11.8 Å². The van der Waals surface area contributed by atoms with Crippen molar-refractivity contribution in [2.75, 3.05) is 44.3 Å². The number of hydrogen-bond donors (Lipinski definition) is 2. The molecule has 1 saturated heterocycles. The van der Waals surface area contributed by atoms with Crippen LogP contribution in [0.2, 0.25) is 0 Å². The number of amides is 1. The van der Waals surface area contributed by atoms with Crippen LogP contribution in [0.5, 0.6) is 11.6 Å². The van der Waals surface area contributed by atoms with Crippen molar-refractivity contribution in [2.24, 2.45) is 0 Å². The molecular weight excluding hydrogens is 509 g/mol. The third kappa shape index (κ3) is 6.27. The lowest BCUT2D eigenvalue weighted by atomic mass is 10.0. The predicted molar refractivity (Wildman–Crippen MR) is 143 cm³/mol. The summed E-state index contributed by atoms with van der Waals surface area (Å²) < 4.78 is 47.6.